The largest absolute Gasteiger partial charge is 0.496 e. The van der Waals surface area contributed by atoms with Gasteiger partial charge in [-0.3, -0.25) is 4.99 Å². The fraction of sp³-hybridized carbons (Fsp3) is 0.562. The highest BCUT2D eigenvalue weighted by atomic mass is 16.5. The monoisotopic (exact) mass is 309 g/mol. The van der Waals surface area contributed by atoms with Gasteiger partial charge in [-0.15, -0.1) is 0 Å². The minimum atomic E-state index is 0.360. The van der Waals surface area contributed by atoms with Gasteiger partial charge in [-0.2, -0.15) is 0 Å². The zero-order valence-electron chi connectivity index (χ0n) is 14.3. The molecule has 0 radical (unpaired) electrons. The second-order valence-corrected chi connectivity index (χ2v) is 4.90. The number of hydrogen-bond acceptors (Lipinski definition) is 4. The maximum absolute atomic E-state index is 5.42. The van der Waals surface area contributed by atoms with Crippen molar-refractivity contribution < 1.29 is 14.2 Å². The van der Waals surface area contributed by atoms with Crippen LogP contribution < -0.4 is 24.8 Å². The number of aliphatic imine (C=N–C) groups is 1. The van der Waals surface area contributed by atoms with Gasteiger partial charge in [0.2, 0.25) is 0 Å². The summed E-state index contributed by atoms with van der Waals surface area (Å²) in [6, 6.07) is 4.08. The van der Waals surface area contributed by atoms with Crippen molar-refractivity contribution in [1.29, 1.82) is 0 Å². The van der Waals surface area contributed by atoms with Crippen molar-refractivity contribution >= 4 is 5.96 Å². The van der Waals surface area contributed by atoms with E-state index in [1.165, 1.54) is 0 Å². The van der Waals surface area contributed by atoms with Crippen LogP contribution in [0.15, 0.2) is 17.1 Å². The number of rotatable bonds is 7. The lowest BCUT2D eigenvalue weighted by Gasteiger charge is -2.18. The maximum Gasteiger partial charge on any atom is 0.191 e. The van der Waals surface area contributed by atoms with Crippen LogP contribution in [0, 0.1) is 0 Å². The van der Waals surface area contributed by atoms with Crippen LogP contribution in [-0.2, 0) is 6.54 Å². The minimum absolute atomic E-state index is 0.360. The van der Waals surface area contributed by atoms with Gasteiger partial charge in [0, 0.05) is 31.3 Å². The summed E-state index contributed by atoms with van der Waals surface area (Å²) in [6.07, 6.45) is 1.03. The van der Waals surface area contributed by atoms with E-state index >= 15 is 0 Å². The van der Waals surface area contributed by atoms with E-state index in [9.17, 15) is 0 Å². The Labute approximate surface area is 132 Å². The topological polar surface area (TPSA) is 64.1 Å². The quantitative estimate of drug-likeness (QED) is 0.597. The number of ether oxygens (including phenoxy) is 3. The summed E-state index contributed by atoms with van der Waals surface area (Å²) in [5.74, 6) is 2.81. The van der Waals surface area contributed by atoms with Gasteiger partial charge in [-0.1, -0.05) is 6.92 Å². The molecule has 1 atom stereocenters. The highest BCUT2D eigenvalue weighted by Crippen LogP contribution is 2.34. The van der Waals surface area contributed by atoms with Crippen molar-refractivity contribution in [3.63, 3.8) is 0 Å². The van der Waals surface area contributed by atoms with Gasteiger partial charge in [0.05, 0.1) is 21.3 Å². The Bertz CT molecular complexity index is 504. The summed E-state index contributed by atoms with van der Waals surface area (Å²) in [5.41, 5.74) is 0.965. The molecule has 6 nitrogen and oxygen atoms in total. The van der Waals surface area contributed by atoms with Gasteiger partial charge in [0.25, 0.3) is 0 Å². The van der Waals surface area contributed by atoms with E-state index in [1.54, 1.807) is 28.4 Å². The predicted octanol–water partition coefficient (Wildman–Crippen LogP) is 2.18. The molecule has 0 saturated carbocycles. The Morgan fingerprint density at radius 3 is 2.18 bits per heavy atom. The van der Waals surface area contributed by atoms with Crippen molar-refractivity contribution in [2.24, 2.45) is 4.99 Å². The zero-order chi connectivity index (χ0) is 16.5. The van der Waals surface area contributed by atoms with Crippen LogP contribution in [0.25, 0.3) is 0 Å². The van der Waals surface area contributed by atoms with Crippen molar-refractivity contribution in [3.8, 4) is 17.2 Å². The van der Waals surface area contributed by atoms with Gasteiger partial charge in [0.1, 0.15) is 5.75 Å². The van der Waals surface area contributed by atoms with E-state index in [-0.39, 0.29) is 0 Å². The van der Waals surface area contributed by atoms with E-state index in [0.29, 0.717) is 24.1 Å². The van der Waals surface area contributed by atoms with E-state index in [4.69, 9.17) is 14.2 Å². The van der Waals surface area contributed by atoms with Crippen molar-refractivity contribution in [2.75, 3.05) is 28.4 Å². The van der Waals surface area contributed by atoms with Crippen molar-refractivity contribution in [1.82, 2.24) is 10.6 Å². The molecule has 0 aromatic heterocycles. The fourth-order valence-corrected chi connectivity index (χ4v) is 1.94. The average Bonchev–Trinajstić information content (AvgIpc) is 2.57. The number of nitrogens with one attached hydrogen (secondary N) is 2. The molecule has 0 fully saturated rings. The van der Waals surface area contributed by atoms with E-state index in [0.717, 1.165) is 23.7 Å². The molecule has 1 unspecified atom stereocenters. The summed E-state index contributed by atoms with van der Waals surface area (Å²) >= 11 is 0. The molecule has 0 bridgehead atoms. The van der Waals surface area contributed by atoms with Crippen LogP contribution in [0.1, 0.15) is 25.8 Å². The highest BCUT2D eigenvalue weighted by Gasteiger charge is 2.12. The zero-order valence-corrected chi connectivity index (χ0v) is 14.3. The Kier molecular flexibility index (Phi) is 7.36. The molecule has 0 spiro atoms. The third-order valence-corrected chi connectivity index (χ3v) is 3.45. The summed E-state index contributed by atoms with van der Waals surface area (Å²) in [5, 5.41) is 6.59. The second-order valence-electron chi connectivity index (χ2n) is 4.90. The Morgan fingerprint density at radius 2 is 1.68 bits per heavy atom. The molecule has 0 aliphatic rings. The van der Waals surface area contributed by atoms with E-state index in [2.05, 4.69) is 29.5 Å². The average molecular weight is 309 g/mol. The molecule has 1 aromatic carbocycles. The SMILES string of the molecule is CCC(C)NC(=NC)NCc1cc(OC)c(OC)cc1OC. The third-order valence-electron chi connectivity index (χ3n) is 3.45. The highest BCUT2D eigenvalue weighted by molar-refractivity contribution is 5.80. The molecule has 0 aliphatic heterocycles. The van der Waals surface area contributed by atoms with Crippen LogP contribution >= 0.6 is 0 Å². The summed E-state index contributed by atoms with van der Waals surface area (Å²) in [4.78, 5) is 4.22. The van der Waals surface area contributed by atoms with Gasteiger partial charge in [-0.25, -0.2) is 0 Å². The second kappa shape index (κ2) is 9.02. The maximum atomic E-state index is 5.42. The van der Waals surface area contributed by atoms with Crippen LogP contribution in [0.4, 0.5) is 0 Å². The van der Waals surface area contributed by atoms with E-state index in [1.807, 2.05) is 12.1 Å². The molecule has 1 aromatic rings. The molecule has 6 heteroatoms. The first-order valence-electron chi connectivity index (χ1n) is 7.35. The summed E-state index contributed by atoms with van der Waals surface area (Å²) < 4.78 is 16.0. The predicted molar refractivity (Wildman–Crippen MR) is 89.2 cm³/mol. The molecule has 1 rings (SSSR count). The first kappa shape index (κ1) is 17.9. The lowest BCUT2D eigenvalue weighted by Crippen LogP contribution is -2.41. The van der Waals surface area contributed by atoms with Crippen LogP contribution in [0.5, 0.6) is 17.2 Å². The summed E-state index contributed by atoms with van der Waals surface area (Å²) in [7, 11) is 6.61. The van der Waals surface area contributed by atoms with Crippen LogP contribution in [0.2, 0.25) is 0 Å². The van der Waals surface area contributed by atoms with Gasteiger partial charge in [-0.05, 0) is 19.4 Å². The van der Waals surface area contributed by atoms with Gasteiger partial charge >= 0.3 is 0 Å². The number of benzene rings is 1. The smallest absolute Gasteiger partial charge is 0.191 e. The normalized spacial score (nSPS) is 12.5. The molecule has 2 N–H and O–H groups in total. The van der Waals surface area contributed by atoms with Crippen molar-refractivity contribution in [3.05, 3.63) is 17.7 Å². The first-order valence-corrected chi connectivity index (χ1v) is 7.35. The third kappa shape index (κ3) is 4.72. The first-order chi connectivity index (χ1) is 10.6. The van der Waals surface area contributed by atoms with Gasteiger partial charge < -0.3 is 24.8 Å². The molecule has 124 valence electrons. The molecular formula is C16H27N3O3. The van der Waals surface area contributed by atoms with Gasteiger partial charge in [0.15, 0.2) is 17.5 Å². The van der Waals surface area contributed by atoms with Crippen molar-refractivity contribution in [2.45, 2.75) is 32.9 Å². The minimum Gasteiger partial charge on any atom is -0.496 e. The Hall–Kier alpha value is -2.11. The number of guanidine groups is 1. The molecule has 0 aliphatic carbocycles. The molecule has 22 heavy (non-hydrogen) atoms. The Morgan fingerprint density at radius 1 is 1.09 bits per heavy atom. The van der Waals surface area contributed by atoms with E-state index < -0.39 is 0 Å². The lowest BCUT2D eigenvalue weighted by atomic mass is 10.1. The molecule has 0 amide bonds. The standard InChI is InChI=1S/C16H27N3O3/c1-7-11(2)19-16(17-3)18-10-12-8-14(21-5)15(22-6)9-13(12)20-4/h8-9,11H,7,10H2,1-6H3,(H2,17,18,19). The number of hydrogen-bond donors (Lipinski definition) is 2. The number of methoxy groups -OCH3 is 3. The fourth-order valence-electron chi connectivity index (χ4n) is 1.94. The summed E-state index contributed by atoms with van der Waals surface area (Å²) in [6.45, 7) is 4.81. The lowest BCUT2D eigenvalue weighted by molar-refractivity contribution is 0.347. The Balaban J connectivity index is 2.87. The van der Waals surface area contributed by atoms with Crippen LogP contribution in [0.3, 0.4) is 0 Å². The molecular weight excluding hydrogens is 282 g/mol. The number of nitrogens with zero attached hydrogens (tertiary/aromatic N) is 1. The molecule has 0 saturated heterocycles. The van der Waals surface area contributed by atoms with Crippen LogP contribution in [-0.4, -0.2) is 40.4 Å². The molecule has 0 heterocycles.